The van der Waals surface area contributed by atoms with E-state index in [2.05, 4.69) is 10.6 Å². The molecule has 8 heteroatoms. The van der Waals surface area contributed by atoms with Gasteiger partial charge in [-0.25, -0.2) is 4.79 Å². The van der Waals surface area contributed by atoms with Gasteiger partial charge < -0.3 is 15.4 Å². The van der Waals surface area contributed by atoms with Gasteiger partial charge >= 0.3 is 6.09 Å². The van der Waals surface area contributed by atoms with Crippen LogP contribution in [-0.4, -0.2) is 28.6 Å². The summed E-state index contributed by atoms with van der Waals surface area (Å²) >= 11 is 0. The number of benzene rings is 3. The minimum absolute atomic E-state index is 0.0834. The SMILES string of the molecule is CC(C)(C)OC(=O)NC(Cc1ccc(-c2ccccc2)cc1)C(=O)Nc1ccc([N+](=O)[O-])cc1. The third-order valence-electron chi connectivity index (χ3n) is 4.85. The van der Waals surface area contributed by atoms with Crippen molar-refractivity contribution in [2.24, 2.45) is 0 Å². The predicted molar refractivity (Wildman–Crippen MR) is 130 cm³/mol. The highest BCUT2D eigenvalue weighted by atomic mass is 16.6. The van der Waals surface area contributed by atoms with Crippen LogP contribution in [0, 0.1) is 10.1 Å². The topological polar surface area (TPSA) is 111 Å². The zero-order valence-corrected chi connectivity index (χ0v) is 19.3. The summed E-state index contributed by atoms with van der Waals surface area (Å²) in [6.07, 6.45) is -0.482. The first kappa shape index (κ1) is 24.4. The normalized spacial score (nSPS) is 11.9. The van der Waals surface area contributed by atoms with Crippen molar-refractivity contribution in [1.82, 2.24) is 5.32 Å². The second kappa shape index (κ2) is 10.6. The number of ether oxygens (including phenoxy) is 1. The van der Waals surface area contributed by atoms with Crippen LogP contribution in [0.3, 0.4) is 0 Å². The Hall–Kier alpha value is -4.20. The van der Waals surface area contributed by atoms with Crippen LogP contribution in [0.15, 0.2) is 78.9 Å². The number of carbonyl (C=O) groups is 2. The van der Waals surface area contributed by atoms with E-state index in [4.69, 9.17) is 4.74 Å². The van der Waals surface area contributed by atoms with Crippen molar-refractivity contribution in [1.29, 1.82) is 0 Å². The molecule has 0 spiro atoms. The van der Waals surface area contributed by atoms with E-state index in [0.717, 1.165) is 16.7 Å². The molecule has 1 unspecified atom stereocenters. The lowest BCUT2D eigenvalue weighted by Gasteiger charge is -2.23. The maximum absolute atomic E-state index is 13.0. The van der Waals surface area contributed by atoms with Gasteiger partial charge in [0.15, 0.2) is 0 Å². The molecule has 0 heterocycles. The molecule has 2 N–H and O–H groups in total. The van der Waals surface area contributed by atoms with Crippen LogP contribution in [0.1, 0.15) is 26.3 Å². The van der Waals surface area contributed by atoms with E-state index in [1.807, 2.05) is 54.6 Å². The number of anilines is 1. The zero-order valence-electron chi connectivity index (χ0n) is 19.3. The van der Waals surface area contributed by atoms with E-state index < -0.39 is 28.6 Å². The number of amides is 2. The van der Waals surface area contributed by atoms with Crippen molar-refractivity contribution < 1.29 is 19.2 Å². The largest absolute Gasteiger partial charge is 0.444 e. The predicted octanol–water partition coefficient (Wildman–Crippen LogP) is 5.34. The highest BCUT2D eigenvalue weighted by Gasteiger charge is 2.25. The van der Waals surface area contributed by atoms with Gasteiger partial charge in [-0.1, -0.05) is 54.6 Å². The fourth-order valence-corrected chi connectivity index (χ4v) is 3.25. The summed E-state index contributed by atoms with van der Waals surface area (Å²) in [7, 11) is 0. The molecule has 0 aliphatic rings. The molecule has 8 nitrogen and oxygen atoms in total. The second-order valence-corrected chi connectivity index (χ2v) is 8.76. The van der Waals surface area contributed by atoms with Crippen LogP contribution in [0.4, 0.5) is 16.2 Å². The minimum atomic E-state index is -0.924. The summed E-state index contributed by atoms with van der Waals surface area (Å²) in [5.74, 6) is -0.466. The van der Waals surface area contributed by atoms with Crippen molar-refractivity contribution in [2.45, 2.75) is 38.8 Å². The summed E-state index contributed by atoms with van der Waals surface area (Å²) in [6.45, 7) is 5.21. The molecule has 1 atom stereocenters. The lowest BCUT2D eigenvalue weighted by molar-refractivity contribution is -0.384. The third-order valence-corrected chi connectivity index (χ3v) is 4.85. The van der Waals surface area contributed by atoms with E-state index in [-0.39, 0.29) is 12.1 Å². The maximum atomic E-state index is 13.0. The lowest BCUT2D eigenvalue weighted by atomic mass is 10.0. The van der Waals surface area contributed by atoms with Crippen molar-refractivity contribution >= 4 is 23.4 Å². The number of nitrogens with one attached hydrogen (secondary N) is 2. The Bertz CT molecular complexity index is 1140. The molecular formula is C26H27N3O5. The number of alkyl carbamates (subject to hydrolysis) is 1. The first-order valence-corrected chi connectivity index (χ1v) is 10.8. The number of rotatable bonds is 7. The summed E-state index contributed by atoms with van der Waals surface area (Å²) in [6, 6.07) is 22.2. The molecule has 34 heavy (non-hydrogen) atoms. The monoisotopic (exact) mass is 461 g/mol. The zero-order chi connectivity index (χ0) is 24.7. The van der Waals surface area contributed by atoms with Crippen molar-refractivity contribution in [3.05, 3.63) is 94.5 Å². The molecule has 3 rings (SSSR count). The Morgan fingerprint density at radius 2 is 1.50 bits per heavy atom. The number of carbonyl (C=O) groups excluding carboxylic acids is 2. The van der Waals surface area contributed by atoms with Crippen molar-refractivity contribution in [3.63, 3.8) is 0 Å². The molecule has 0 aromatic heterocycles. The van der Waals surface area contributed by atoms with E-state index in [0.29, 0.717) is 5.69 Å². The highest BCUT2D eigenvalue weighted by Crippen LogP contribution is 2.20. The molecule has 0 fully saturated rings. The summed E-state index contributed by atoms with van der Waals surface area (Å²) in [5.41, 5.74) is 2.54. The van der Waals surface area contributed by atoms with Gasteiger partial charge in [-0.15, -0.1) is 0 Å². The molecule has 2 amide bonds. The molecule has 0 saturated carbocycles. The smallest absolute Gasteiger partial charge is 0.408 e. The minimum Gasteiger partial charge on any atom is -0.444 e. The van der Waals surface area contributed by atoms with E-state index in [9.17, 15) is 19.7 Å². The molecule has 0 aliphatic carbocycles. The quantitative estimate of drug-likeness (QED) is 0.365. The maximum Gasteiger partial charge on any atom is 0.408 e. The van der Waals surface area contributed by atoms with E-state index in [1.165, 1.54) is 24.3 Å². The van der Waals surface area contributed by atoms with Gasteiger partial charge in [0, 0.05) is 24.2 Å². The summed E-state index contributed by atoms with van der Waals surface area (Å²) in [4.78, 5) is 35.7. The van der Waals surface area contributed by atoms with Gasteiger partial charge in [-0.3, -0.25) is 14.9 Å². The Morgan fingerprint density at radius 3 is 2.06 bits per heavy atom. The fraction of sp³-hybridized carbons (Fsp3) is 0.231. The Kier molecular flexibility index (Phi) is 7.63. The van der Waals surface area contributed by atoms with Crippen LogP contribution in [-0.2, 0) is 16.0 Å². The van der Waals surface area contributed by atoms with E-state index >= 15 is 0 Å². The molecule has 3 aromatic rings. The van der Waals surface area contributed by atoms with Crippen LogP contribution in [0.2, 0.25) is 0 Å². The molecule has 0 bridgehead atoms. The number of nitro benzene ring substituents is 1. The lowest BCUT2D eigenvalue weighted by Crippen LogP contribution is -2.47. The standard InChI is InChI=1S/C26H27N3O5/c1-26(2,3)34-25(31)28-23(24(30)27-21-13-15-22(16-14-21)29(32)33)17-18-9-11-20(12-10-18)19-7-5-4-6-8-19/h4-16,23H,17H2,1-3H3,(H,27,30)(H,28,31). The Labute approximate surface area is 198 Å². The first-order chi connectivity index (χ1) is 16.1. The van der Waals surface area contributed by atoms with Crippen LogP contribution < -0.4 is 10.6 Å². The molecule has 176 valence electrons. The van der Waals surface area contributed by atoms with Gasteiger partial charge in [0.05, 0.1) is 4.92 Å². The number of hydrogen-bond donors (Lipinski definition) is 2. The molecule has 3 aromatic carbocycles. The fourth-order valence-electron chi connectivity index (χ4n) is 3.25. The van der Waals surface area contributed by atoms with Gasteiger partial charge in [-0.05, 0) is 49.6 Å². The second-order valence-electron chi connectivity index (χ2n) is 8.76. The first-order valence-electron chi connectivity index (χ1n) is 10.8. The number of nitrogens with zero attached hydrogens (tertiary/aromatic N) is 1. The number of non-ortho nitro benzene ring substituents is 1. The molecular weight excluding hydrogens is 434 g/mol. The van der Waals surface area contributed by atoms with Crippen LogP contribution in [0.25, 0.3) is 11.1 Å². The van der Waals surface area contributed by atoms with Crippen molar-refractivity contribution in [2.75, 3.05) is 5.32 Å². The molecule has 0 aliphatic heterocycles. The van der Waals surface area contributed by atoms with Gasteiger partial charge in [-0.2, -0.15) is 0 Å². The van der Waals surface area contributed by atoms with Gasteiger partial charge in [0.1, 0.15) is 11.6 Å². The average molecular weight is 462 g/mol. The van der Waals surface area contributed by atoms with Gasteiger partial charge in [0.25, 0.3) is 5.69 Å². The number of hydrogen-bond acceptors (Lipinski definition) is 5. The molecule has 0 radical (unpaired) electrons. The summed E-state index contributed by atoms with van der Waals surface area (Å²) < 4.78 is 5.32. The van der Waals surface area contributed by atoms with E-state index in [1.54, 1.807) is 20.8 Å². The third kappa shape index (κ3) is 7.16. The Morgan fingerprint density at radius 1 is 0.912 bits per heavy atom. The molecule has 0 saturated heterocycles. The average Bonchev–Trinajstić information content (AvgIpc) is 2.79. The van der Waals surface area contributed by atoms with Crippen LogP contribution in [0.5, 0.6) is 0 Å². The highest BCUT2D eigenvalue weighted by molar-refractivity contribution is 5.96. The van der Waals surface area contributed by atoms with Crippen LogP contribution >= 0.6 is 0 Å². The summed E-state index contributed by atoms with van der Waals surface area (Å²) in [5, 5.41) is 16.2. The number of nitro groups is 1. The Balaban J connectivity index is 1.76. The van der Waals surface area contributed by atoms with Gasteiger partial charge in [0.2, 0.25) is 5.91 Å². The van der Waals surface area contributed by atoms with Crippen molar-refractivity contribution in [3.8, 4) is 11.1 Å².